The molecule has 3 heterocycles. The minimum absolute atomic E-state index is 0. The van der Waals surface area contributed by atoms with Crippen molar-refractivity contribution in [3.8, 4) is 17.6 Å². The molecule has 3 aromatic heterocycles. The maximum absolute atomic E-state index is 13.1. The van der Waals surface area contributed by atoms with Crippen molar-refractivity contribution < 1.29 is 31.6 Å². The normalized spacial score (nSPS) is 15.2. The number of nitrogens with one attached hydrogen (secondary N) is 1. The van der Waals surface area contributed by atoms with Gasteiger partial charge in [0.25, 0.3) is 0 Å². The van der Waals surface area contributed by atoms with E-state index in [1.807, 2.05) is 51.4 Å². The van der Waals surface area contributed by atoms with E-state index in [4.69, 9.17) is 9.72 Å². The van der Waals surface area contributed by atoms with Gasteiger partial charge in [-0.25, -0.2) is 14.5 Å². The zero-order chi connectivity index (χ0) is 28.1. The first-order valence-electron chi connectivity index (χ1n) is 13.0. The molecule has 11 heteroatoms. The maximum atomic E-state index is 13.1. The molecule has 0 amide bonds. The number of H-pyrrole nitrogens is 1. The number of methoxy groups -OCH3 is 1. The summed E-state index contributed by atoms with van der Waals surface area (Å²) in [6, 6.07) is 7.70. The van der Waals surface area contributed by atoms with Crippen molar-refractivity contribution in [3.05, 3.63) is 58.5 Å². The number of ketones is 1. The summed E-state index contributed by atoms with van der Waals surface area (Å²) in [4.78, 5) is 30.3. The number of aromatic nitrogens is 5. The summed E-state index contributed by atoms with van der Waals surface area (Å²) in [5.41, 5.74) is 5.57. The van der Waals surface area contributed by atoms with E-state index in [9.17, 15) is 9.90 Å². The molecule has 8 nitrogen and oxygen atoms in total. The lowest BCUT2D eigenvalue weighted by Crippen LogP contribution is -3.00. The van der Waals surface area contributed by atoms with Crippen LogP contribution in [0.25, 0.3) is 17.0 Å². The van der Waals surface area contributed by atoms with Crippen LogP contribution in [0.3, 0.4) is 0 Å². The molecule has 1 aliphatic rings. The number of hydrogen-bond acceptors (Lipinski definition) is 8. The fraction of sp³-hybridized carbons (Fsp3) is 0.414. The standard InChI is InChI=1S/C29H33N5O3S2.ClH/c1-8-9-17-12-24(35)33-27(30-17)39-38-15-22-16(2)23(37-7)10-11-34(22)26-31-20-13-18-19(14-21(20)32-26)29(5,6)25(36)28(18,3)4;/h10-14H,8-9,15H2,1-7H3,(H-,30,31,32,33,35);1H. The molecule has 0 bridgehead atoms. The van der Waals surface area contributed by atoms with Gasteiger partial charge in [-0.15, -0.1) is 0 Å². The molecule has 0 radical (unpaired) electrons. The second-order valence-corrected chi connectivity index (χ2v) is 13.2. The number of aromatic hydroxyl groups is 1. The van der Waals surface area contributed by atoms with E-state index < -0.39 is 10.8 Å². The van der Waals surface area contributed by atoms with Gasteiger partial charge in [-0.1, -0.05) is 29.1 Å². The van der Waals surface area contributed by atoms with Crippen molar-refractivity contribution in [1.29, 1.82) is 0 Å². The Morgan fingerprint density at radius 1 is 1.07 bits per heavy atom. The molecule has 5 rings (SSSR count). The van der Waals surface area contributed by atoms with Crippen LogP contribution in [0, 0.1) is 6.92 Å². The van der Waals surface area contributed by atoms with Crippen LogP contribution in [0.15, 0.2) is 35.6 Å². The molecule has 0 saturated heterocycles. The predicted octanol–water partition coefficient (Wildman–Crippen LogP) is 2.69. The number of imidazole rings is 1. The van der Waals surface area contributed by atoms with E-state index >= 15 is 0 Å². The highest BCUT2D eigenvalue weighted by molar-refractivity contribution is 8.76. The highest BCUT2D eigenvalue weighted by Crippen LogP contribution is 2.47. The number of fused-ring (bicyclic) bond motifs is 2. The van der Waals surface area contributed by atoms with Gasteiger partial charge in [0.15, 0.2) is 11.3 Å². The summed E-state index contributed by atoms with van der Waals surface area (Å²) in [6.07, 6.45) is 3.70. The monoisotopic (exact) mass is 599 g/mol. The average Bonchev–Trinajstić information content (AvgIpc) is 3.35. The summed E-state index contributed by atoms with van der Waals surface area (Å²) in [5, 5.41) is 10.6. The molecule has 0 unspecified atom stereocenters. The number of carbonyl (C=O) groups is 1. The van der Waals surface area contributed by atoms with Crippen molar-refractivity contribution in [2.45, 2.75) is 76.1 Å². The van der Waals surface area contributed by atoms with Crippen LogP contribution in [0.5, 0.6) is 11.6 Å². The fourth-order valence-electron chi connectivity index (χ4n) is 5.51. The van der Waals surface area contributed by atoms with Gasteiger partial charge in [0.1, 0.15) is 17.0 Å². The fourth-order valence-corrected chi connectivity index (χ4v) is 7.48. The molecule has 0 saturated carbocycles. The Morgan fingerprint density at radius 3 is 2.45 bits per heavy atom. The molecular weight excluding hydrogens is 566 g/mol. The number of aryl methyl sites for hydroxylation is 1. The maximum Gasteiger partial charge on any atom is 0.402 e. The second-order valence-electron chi connectivity index (χ2n) is 11.0. The Balaban J connectivity index is 0.00000370. The molecule has 0 fully saturated rings. The number of ether oxygens (including phenoxy) is 1. The lowest BCUT2D eigenvalue weighted by molar-refractivity contribution is -0.610. The van der Waals surface area contributed by atoms with Gasteiger partial charge in [-0.3, -0.25) is 4.79 Å². The van der Waals surface area contributed by atoms with E-state index in [1.54, 1.807) is 24.0 Å². The molecule has 1 aromatic carbocycles. The molecule has 1 aliphatic carbocycles. The topological polar surface area (TPSA) is 105 Å². The van der Waals surface area contributed by atoms with Crippen molar-refractivity contribution in [2.24, 2.45) is 0 Å². The largest absolute Gasteiger partial charge is 1.00 e. The summed E-state index contributed by atoms with van der Waals surface area (Å²) < 4.78 is 7.66. The van der Waals surface area contributed by atoms with Crippen LogP contribution in [0.2, 0.25) is 0 Å². The van der Waals surface area contributed by atoms with E-state index in [0.29, 0.717) is 16.9 Å². The number of hydrogen-bond donors (Lipinski definition) is 2. The van der Waals surface area contributed by atoms with Crippen LogP contribution in [-0.4, -0.2) is 37.9 Å². The minimum Gasteiger partial charge on any atom is -1.00 e. The van der Waals surface area contributed by atoms with E-state index in [2.05, 4.69) is 34.0 Å². The third-order valence-electron chi connectivity index (χ3n) is 7.59. The number of nitrogens with zero attached hydrogens (tertiary/aromatic N) is 4. The highest BCUT2D eigenvalue weighted by atomic mass is 35.5. The summed E-state index contributed by atoms with van der Waals surface area (Å²) in [5.74, 6) is 2.33. The van der Waals surface area contributed by atoms with Gasteiger partial charge in [0, 0.05) is 34.2 Å². The van der Waals surface area contributed by atoms with Gasteiger partial charge in [-0.05, 0) is 75.1 Å². The van der Waals surface area contributed by atoms with Gasteiger partial charge >= 0.3 is 5.95 Å². The van der Waals surface area contributed by atoms with Crippen LogP contribution in [0.4, 0.5) is 0 Å². The lowest BCUT2D eigenvalue weighted by Gasteiger charge is -2.21. The van der Waals surface area contributed by atoms with E-state index in [0.717, 1.165) is 57.7 Å². The van der Waals surface area contributed by atoms with Crippen molar-refractivity contribution in [1.82, 2.24) is 19.9 Å². The smallest absolute Gasteiger partial charge is 0.402 e. The molecule has 2 N–H and O–H groups in total. The summed E-state index contributed by atoms with van der Waals surface area (Å²) >= 11 is 0. The number of pyridine rings is 1. The van der Waals surface area contributed by atoms with E-state index in [1.165, 1.54) is 10.8 Å². The van der Waals surface area contributed by atoms with Gasteiger partial charge in [0.05, 0.1) is 19.1 Å². The van der Waals surface area contributed by atoms with Gasteiger partial charge in [0.2, 0.25) is 11.0 Å². The Hall–Kier alpha value is -2.82. The van der Waals surface area contributed by atoms with Gasteiger partial charge < -0.3 is 22.3 Å². The number of rotatable bonds is 8. The van der Waals surface area contributed by atoms with Crippen molar-refractivity contribution in [3.63, 3.8) is 0 Å². The number of carbonyl (C=O) groups excluding carboxylic acids is 1. The second kappa shape index (κ2) is 11.2. The van der Waals surface area contributed by atoms with Crippen LogP contribution >= 0.6 is 21.6 Å². The molecule has 0 spiro atoms. The zero-order valence-electron chi connectivity index (χ0n) is 23.8. The Bertz CT molecular complexity index is 1550. The number of halogens is 1. The molecular formula is C29H34ClN5O3S2. The quantitative estimate of drug-likeness (QED) is 0.181. The molecule has 40 heavy (non-hydrogen) atoms. The van der Waals surface area contributed by atoms with E-state index in [-0.39, 0.29) is 24.1 Å². The Labute approximate surface area is 248 Å². The number of aromatic amines is 1. The molecule has 0 atom stereocenters. The number of benzene rings is 1. The first-order chi connectivity index (χ1) is 18.5. The summed E-state index contributed by atoms with van der Waals surface area (Å²) in [7, 11) is 4.69. The van der Waals surface area contributed by atoms with Crippen LogP contribution in [-0.2, 0) is 27.8 Å². The molecule has 0 aliphatic heterocycles. The van der Waals surface area contributed by atoms with Crippen molar-refractivity contribution >= 4 is 38.4 Å². The Morgan fingerprint density at radius 2 is 1.77 bits per heavy atom. The van der Waals surface area contributed by atoms with Crippen molar-refractivity contribution in [2.75, 3.05) is 7.11 Å². The average molecular weight is 600 g/mol. The lowest BCUT2D eigenvalue weighted by atomic mass is 9.80. The first-order valence-corrected chi connectivity index (χ1v) is 15.3. The van der Waals surface area contributed by atoms with Crippen LogP contribution in [0.1, 0.15) is 69.1 Å². The van der Waals surface area contributed by atoms with Gasteiger partial charge in [-0.2, -0.15) is 4.98 Å². The highest BCUT2D eigenvalue weighted by Gasteiger charge is 2.50. The molecule has 4 aromatic rings. The zero-order valence-corrected chi connectivity index (χ0v) is 26.1. The number of Topliss-reactive ketones (excluding diaryl/α,β-unsaturated/α-hetero) is 1. The van der Waals surface area contributed by atoms with Crippen LogP contribution < -0.4 is 21.7 Å². The third-order valence-corrected chi connectivity index (χ3v) is 9.58. The summed E-state index contributed by atoms with van der Waals surface area (Å²) in [6.45, 7) is 12.1. The Kier molecular flexibility index (Phi) is 8.45. The minimum atomic E-state index is -0.556. The SMILES string of the molecule is CCCc1cc(O)nc(SSCc2c(C)c(OC)cc[n+]2-c2nc3cc4c(cc3[nH]2)C(C)(C)C(=O)C4(C)C)n1.[Cl-]. The third kappa shape index (κ3) is 5.17. The first kappa shape index (κ1) is 30.1. The molecule has 212 valence electrons. The predicted molar refractivity (Wildman–Crippen MR) is 155 cm³/mol.